The minimum Gasteiger partial charge on any atom is -0.102 e. The minimum atomic E-state index is 0.245. The molecule has 0 nitrogen and oxygen atoms in total. The molecule has 0 heterocycles. The maximum atomic E-state index is 5.53. The van der Waals surface area contributed by atoms with Crippen LogP contribution in [0.5, 0.6) is 0 Å². The Balaban J connectivity index is 3.98. The lowest BCUT2D eigenvalue weighted by atomic mass is 10.0. The number of rotatable bonds is 3. The highest BCUT2D eigenvalue weighted by atomic mass is 14.0. The molecule has 0 aliphatic heterocycles. The van der Waals surface area contributed by atoms with Gasteiger partial charge in [-0.25, -0.2) is 0 Å². The van der Waals surface area contributed by atoms with Crippen molar-refractivity contribution in [3.8, 4) is 0 Å². The van der Waals surface area contributed by atoms with E-state index in [9.17, 15) is 0 Å². The maximum Gasteiger partial charge on any atom is 0.0155 e. The summed E-state index contributed by atoms with van der Waals surface area (Å²) in [5.41, 5.74) is 0.892. The monoisotopic (exact) mass is 121 g/mol. The van der Waals surface area contributed by atoms with Crippen molar-refractivity contribution in [2.24, 2.45) is 5.92 Å². The molecule has 0 saturated heterocycles. The molecule has 0 aliphatic rings. The molecule has 1 radical (unpaired) electrons. The van der Waals surface area contributed by atoms with Gasteiger partial charge in [0.2, 0.25) is 0 Å². The predicted octanol–water partition coefficient (Wildman–Crippen LogP) is 2.74. The maximum absolute atomic E-state index is 5.53. The highest BCUT2D eigenvalue weighted by Crippen LogP contribution is 2.09. The lowest BCUT2D eigenvalue weighted by Gasteiger charge is -2.03. The molecule has 0 spiro atoms. The Morgan fingerprint density at radius 1 is 1.67 bits per heavy atom. The van der Waals surface area contributed by atoms with Gasteiger partial charge in [-0.05, 0) is 13.8 Å². The summed E-state index contributed by atoms with van der Waals surface area (Å²) >= 11 is 0. The summed E-state index contributed by atoms with van der Waals surface area (Å²) in [6, 6.07) is 0. The van der Waals surface area contributed by atoms with Crippen LogP contribution in [0.15, 0.2) is 30.4 Å². The zero-order chi connectivity index (χ0) is 7.28. The quantitative estimate of drug-likeness (QED) is 0.504. The van der Waals surface area contributed by atoms with Gasteiger partial charge in [-0.1, -0.05) is 30.4 Å². The molecule has 1 atom stereocenters. The zero-order valence-electron chi connectivity index (χ0n) is 6.09. The smallest absolute Gasteiger partial charge is 0.0155 e. The van der Waals surface area contributed by atoms with E-state index >= 15 is 0 Å². The first-order valence-electron chi connectivity index (χ1n) is 3.06. The van der Waals surface area contributed by atoms with Crippen LogP contribution < -0.4 is 0 Å². The molecular weight excluding hydrogens is 108 g/mol. The normalized spacial score (nSPS) is 13.6. The van der Waals surface area contributed by atoms with Gasteiger partial charge in [0.15, 0.2) is 0 Å². The molecule has 0 aromatic rings. The Morgan fingerprint density at radius 2 is 2.22 bits per heavy atom. The van der Waals surface area contributed by atoms with Crippen LogP contribution in [0.1, 0.15) is 13.8 Å². The first-order valence-corrected chi connectivity index (χ1v) is 3.06. The first-order chi connectivity index (χ1) is 4.22. The van der Waals surface area contributed by atoms with Gasteiger partial charge < -0.3 is 0 Å². The van der Waals surface area contributed by atoms with Crippen LogP contribution in [0.25, 0.3) is 0 Å². The lowest BCUT2D eigenvalue weighted by Crippen LogP contribution is -1.89. The van der Waals surface area contributed by atoms with Crippen molar-refractivity contribution in [2.75, 3.05) is 0 Å². The van der Waals surface area contributed by atoms with Crippen molar-refractivity contribution in [2.45, 2.75) is 13.8 Å². The van der Waals surface area contributed by atoms with Gasteiger partial charge >= 0.3 is 0 Å². The van der Waals surface area contributed by atoms with Crippen LogP contribution in [-0.4, -0.2) is 0 Å². The molecule has 0 rings (SSSR count). The molecule has 0 N–H and O–H groups in total. The largest absolute Gasteiger partial charge is 0.102 e. The number of hydrogen-bond donors (Lipinski definition) is 0. The second-order valence-electron chi connectivity index (χ2n) is 2.03. The van der Waals surface area contributed by atoms with E-state index in [1.54, 1.807) is 0 Å². The third-order valence-corrected chi connectivity index (χ3v) is 1.18. The van der Waals surface area contributed by atoms with Crippen molar-refractivity contribution in [3.05, 3.63) is 37.0 Å². The van der Waals surface area contributed by atoms with Gasteiger partial charge in [-0.3, -0.25) is 0 Å². The Bertz CT molecular complexity index is 129. The average molecular weight is 121 g/mol. The second-order valence-corrected chi connectivity index (χ2v) is 2.03. The minimum absolute atomic E-state index is 0.245. The molecule has 0 bridgehead atoms. The fraction of sp³-hybridized carbons (Fsp3) is 0.333. The molecule has 9 heavy (non-hydrogen) atoms. The Labute approximate surface area is 57.6 Å². The van der Waals surface area contributed by atoms with Crippen molar-refractivity contribution in [1.29, 1.82) is 0 Å². The summed E-state index contributed by atoms with van der Waals surface area (Å²) < 4.78 is 0. The van der Waals surface area contributed by atoms with Crippen molar-refractivity contribution >= 4 is 0 Å². The Hall–Kier alpha value is -0.780. The Morgan fingerprint density at radius 3 is 2.33 bits per heavy atom. The SMILES string of the molecule is [CH]=C(C)C(C=C)C=CC. The van der Waals surface area contributed by atoms with Gasteiger partial charge in [0.05, 0.1) is 0 Å². The van der Waals surface area contributed by atoms with E-state index in [1.807, 2.05) is 32.1 Å². The molecule has 1 unspecified atom stereocenters. The van der Waals surface area contributed by atoms with Crippen LogP contribution in [0.3, 0.4) is 0 Å². The highest BCUT2D eigenvalue weighted by Gasteiger charge is 1.96. The van der Waals surface area contributed by atoms with E-state index in [0.717, 1.165) is 5.57 Å². The van der Waals surface area contributed by atoms with E-state index in [-0.39, 0.29) is 5.92 Å². The van der Waals surface area contributed by atoms with Crippen LogP contribution in [0.4, 0.5) is 0 Å². The summed E-state index contributed by atoms with van der Waals surface area (Å²) in [5.74, 6) is 0.245. The van der Waals surface area contributed by atoms with Crippen LogP contribution >= 0.6 is 0 Å². The molecule has 0 amide bonds. The summed E-state index contributed by atoms with van der Waals surface area (Å²) in [7, 11) is 0. The Kier molecular flexibility index (Phi) is 3.78. The molecule has 0 aromatic carbocycles. The zero-order valence-corrected chi connectivity index (χ0v) is 6.09. The van der Waals surface area contributed by atoms with Crippen molar-refractivity contribution in [3.63, 3.8) is 0 Å². The van der Waals surface area contributed by atoms with E-state index < -0.39 is 0 Å². The van der Waals surface area contributed by atoms with Crippen LogP contribution in [0, 0.1) is 12.5 Å². The second kappa shape index (κ2) is 4.13. The van der Waals surface area contributed by atoms with Gasteiger partial charge in [0.25, 0.3) is 0 Å². The highest BCUT2D eigenvalue weighted by molar-refractivity contribution is 5.12. The molecule has 0 saturated carbocycles. The van der Waals surface area contributed by atoms with E-state index in [4.69, 9.17) is 6.58 Å². The third kappa shape index (κ3) is 2.91. The molecule has 0 aromatic heterocycles. The number of allylic oxidation sites excluding steroid dienone is 4. The first kappa shape index (κ1) is 8.22. The van der Waals surface area contributed by atoms with E-state index in [1.165, 1.54) is 0 Å². The number of hydrogen-bond acceptors (Lipinski definition) is 0. The van der Waals surface area contributed by atoms with Crippen LogP contribution in [0.2, 0.25) is 0 Å². The van der Waals surface area contributed by atoms with Crippen LogP contribution in [-0.2, 0) is 0 Å². The van der Waals surface area contributed by atoms with Gasteiger partial charge in [-0.2, -0.15) is 0 Å². The average Bonchev–Trinajstić information content (AvgIpc) is 1.82. The summed E-state index contributed by atoms with van der Waals surface area (Å²) in [4.78, 5) is 0. The van der Waals surface area contributed by atoms with Gasteiger partial charge in [-0.15, -0.1) is 6.58 Å². The standard InChI is InChI=1S/C9H13/c1-5-7-9(6-2)8(3)4/h3,5-7,9H,2H2,1,4H3. The fourth-order valence-electron chi connectivity index (χ4n) is 0.624. The fourth-order valence-corrected chi connectivity index (χ4v) is 0.624. The summed E-state index contributed by atoms with van der Waals surface area (Å²) in [6.07, 6.45) is 5.82. The van der Waals surface area contributed by atoms with Crippen molar-refractivity contribution < 1.29 is 0 Å². The lowest BCUT2D eigenvalue weighted by molar-refractivity contribution is 0.971. The van der Waals surface area contributed by atoms with E-state index in [2.05, 4.69) is 6.58 Å². The van der Waals surface area contributed by atoms with Gasteiger partial charge in [0.1, 0.15) is 0 Å². The predicted molar refractivity (Wildman–Crippen MR) is 42.0 cm³/mol. The summed E-state index contributed by atoms with van der Waals surface area (Å²) in [5, 5.41) is 0. The molecule has 0 fully saturated rings. The molecule has 49 valence electrons. The topological polar surface area (TPSA) is 0 Å². The molecule has 0 heteroatoms. The van der Waals surface area contributed by atoms with E-state index in [0.29, 0.717) is 0 Å². The molecule has 0 aliphatic carbocycles. The third-order valence-electron chi connectivity index (χ3n) is 1.18. The molecular formula is C9H13. The van der Waals surface area contributed by atoms with Crippen molar-refractivity contribution in [1.82, 2.24) is 0 Å². The summed E-state index contributed by atoms with van der Waals surface area (Å²) in [6.45, 7) is 13.0. The van der Waals surface area contributed by atoms with Gasteiger partial charge in [0, 0.05) is 5.92 Å².